The molecule has 2 nitrogen and oxygen atoms in total. The summed E-state index contributed by atoms with van der Waals surface area (Å²) in [6.45, 7) is 1.62. The van der Waals surface area contributed by atoms with E-state index in [1.807, 2.05) is 11.3 Å². The molecule has 0 aliphatic carbocycles. The third-order valence-corrected chi connectivity index (χ3v) is 3.48. The van der Waals surface area contributed by atoms with Crippen LogP contribution in [0.3, 0.4) is 0 Å². The molecular formula is C12H16N2S. The Bertz CT molecular complexity index is 460. The summed E-state index contributed by atoms with van der Waals surface area (Å²) in [7, 11) is 4.18. The Morgan fingerprint density at radius 2 is 2.13 bits per heavy atom. The first-order valence-corrected chi connectivity index (χ1v) is 5.87. The second kappa shape index (κ2) is 4.31. The summed E-state index contributed by atoms with van der Waals surface area (Å²) in [5, 5.41) is 1.32. The van der Waals surface area contributed by atoms with Crippen molar-refractivity contribution in [2.45, 2.75) is 13.1 Å². The number of nitrogens with zero attached hydrogens (tertiary/aromatic N) is 1. The molecule has 2 N–H and O–H groups in total. The highest BCUT2D eigenvalue weighted by molar-refractivity contribution is 7.19. The fourth-order valence-electron chi connectivity index (χ4n) is 1.74. The summed E-state index contributed by atoms with van der Waals surface area (Å²) in [6, 6.07) is 8.62. The van der Waals surface area contributed by atoms with Gasteiger partial charge in [0.25, 0.3) is 0 Å². The number of hydrogen-bond donors (Lipinski definition) is 1. The molecule has 1 aromatic heterocycles. The first-order chi connectivity index (χ1) is 7.20. The van der Waals surface area contributed by atoms with Gasteiger partial charge in [-0.2, -0.15) is 0 Å². The lowest BCUT2D eigenvalue weighted by molar-refractivity contribution is 0.406. The summed E-state index contributed by atoms with van der Waals surface area (Å²) >= 11 is 1.86. The Labute approximate surface area is 94.3 Å². The van der Waals surface area contributed by atoms with E-state index in [-0.39, 0.29) is 0 Å². The number of nitrogens with two attached hydrogens (primary N) is 1. The maximum absolute atomic E-state index is 5.72. The molecule has 0 atom stereocenters. The largest absolute Gasteiger partial charge is 0.326 e. The molecule has 15 heavy (non-hydrogen) atoms. The predicted molar refractivity (Wildman–Crippen MR) is 67.1 cm³/mol. The summed E-state index contributed by atoms with van der Waals surface area (Å²) < 4.78 is 1.34. The molecule has 0 spiro atoms. The Morgan fingerprint density at radius 3 is 2.80 bits per heavy atom. The molecule has 0 saturated carbocycles. The first-order valence-electron chi connectivity index (χ1n) is 5.06. The molecule has 0 amide bonds. The molecule has 3 heteroatoms. The highest BCUT2D eigenvalue weighted by Crippen LogP contribution is 2.28. The van der Waals surface area contributed by atoms with E-state index in [1.165, 1.54) is 20.5 Å². The van der Waals surface area contributed by atoms with Crippen molar-refractivity contribution in [2.24, 2.45) is 5.73 Å². The summed E-state index contributed by atoms with van der Waals surface area (Å²) in [4.78, 5) is 3.59. The fourth-order valence-corrected chi connectivity index (χ4v) is 2.97. The second-order valence-electron chi connectivity index (χ2n) is 3.98. The van der Waals surface area contributed by atoms with Crippen molar-refractivity contribution in [3.05, 3.63) is 34.7 Å². The maximum Gasteiger partial charge on any atom is 0.0349 e. The fraction of sp³-hybridized carbons (Fsp3) is 0.333. The van der Waals surface area contributed by atoms with Gasteiger partial charge in [-0.3, -0.25) is 0 Å². The second-order valence-corrected chi connectivity index (χ2v) is 5.15. The molecule has 0 aliphatic rings. The lowest BCUT2D eigenvalue weighted by Crippen LogP contribution is -2.09. The normalized spacial score (nSPS) is 11.5. The van der Waals surface area contributed by atoms with Gasteiger partial charge in [0.15, 0.2) is 0 Å². The molecule has 1 heterocycles. The van der Waals surface area contributed by atoms with E-state index in [1.54, 1.807) is 0 Å². The van der Waals surface area contributed by atoms with Crippen molar-refractivity contribution in [2.75, 3.05) is 14.1 Å². The van der Waals surface area contributed by atoms with E-state index in [4.69, 9.17) is 5.73 Å². The van der Waals surface area contributed by atoms with E-state index < -0.39 is 0 Å². The number of fused-ring (bicyclic) bond motifs is 1. The van der Waals surface area contributed by atoms with Crippen LogP contribution in [0.4, 0.5) is 0 Å². The molecule has 0 fully saturated rings. The van der Waals surface area contributed by atoms with E-state index in [2.05, 4.69) is 43.3 Å². The van der Waals surface area contributed by atoms with Crippen LogP contribution < -0.4 is 5.73 Å². The highest BCUT2D eigenvalue weighted by atomic mass is 32.1. The quantitative estimate of drug-likeness (QED) is 0.860. The molecule has 80 valence electrons. The lowest BCUT2D eigenvalue weighted by Gasteiger charge is -2.05. The van der Waals surface area contributed by atoms with E-state index in [9.17, 15) is 0 Å². The molecular weight excluding hydrogens is 204 g/mol. The zero-order valence-corrected chi connectivity index (χ0v) is 9.97. The van der Waals surface area contributed by atoms with E-state index >= 15 is 0 Å². The van der Waals surface area contributed by atoms with Crippen LogP contribution in [0.5, 0.6) is 0 Å². The standard InChI is InChI=1S/C12H16N2S/c1-14(2)8-10-6-11-9(7-13)4-3-5-12(11)15-10/h3-6H,7-8,13H2,1-2H3. The van der Waals surface area contributed by atoms with Crippen molar-refractivity contribution in [3.63, 3.8) is 0 Å². The van der Waals surface area contributed by atoms with Crippen LogP contribution in [-0.4, -0.2) is 19.0 Å². The van der Waals surface area contributed by atoms with Gasteiger partial charge in [0, 0.05) is 22.7 Å². The van der Waals surface area contributed by atoms with Gasteiger partial charge in [-0.1, -0.05) is 12.1 Å². The van der Waals surface area contributed by atoms with Crippen LogP contribution in [0.1, 0.15) is 10.4 Å². The van der Waals surface area contributed by atoms with Crippen LogP contribution in [0, 0.1) is 0 Å². The van der Waals surface area contributed by atoms with Gasteiger partial charge in [0.1, 0.15) is 0 Å². The maximum atomic E-state index is 5.72. The Morgan fingerprint density at radius 1 is 1.33 bits per heavy atom. The Balaban J connectivity index is 2.45. The van der Waals surface area contributed by atoms with Crippen LogP contribution in [-0.2, 0) is 13.1 Å². The van der Waals surface area contributed by atoms with E-state index in [0.717, 1.165) is 6.54 Å². The predicted octanol–water partition coefficient (Wildman–Crippen LogP) is 2.42. The van der Waals surface area contributed by atoms with Gasteiger partial charge in [-0.25, -0.2) is 0 Å². The van der Waals surface area contributed by atoms with Crippen molar-refractivity contribution in [1.29, 1.82) is 0 Å². The SMILES string of the molecule is CN(C)Cc1cc2c(CN)cccc2s1. The molecule has 2 aromatic rings. The molecule has 1 aromatic carbocycles. The zero-order valence-electron chi connectivity index (χ0n) is 9.16. The lowest BCUT2D eigenvalue weighted by atomic mass is 10.1. The smallest absolute Gasteiger partial charge is 0.0349 e. The summed E-state index contributed by atoms with van der Waals surface area (Å²) in [6.07, 6.45) is 0. The molecule has 0 saturated heterocycles. The first kappa shape index (κ1) is 10.6. The minimum atomic E-state index is 0.621. The highest BCUT2D eigenvalue weighted by Gasteiger charge is 2.05. The van der Waals surface area contributed by atoms with Crippen LogP contribution >= 0.6 is 11.3 Å². The van der Waals surface area contributed by atoms with Gasteiger partial charge in [-0.15, -0.1) is 11.3 Å². The van der Waals surface area contributed by atoms with Crippen LogP contribution in [0.2, 0.25) is 0 Å². The Hall–Kier alpha value is -0.900. The third-order valence-electron chi connectivity index (χ3n) is 2.39. The molecule has 0 aliphatic heterocycles. The van der Waals surface area contributed by atoms with Crippen LogP contribution in [0.15, 0.2) is 24.3 Å². The van der Waals surface area contributed by atoms with Gasteiger partial charge < -0.3 is 10.6 Å². The molecule has 0 bridgehead atoms. The summed E-state index contributed by atoms with van der Waals surface area (Å²) in [5.74, 6) is 0. The van der Waals surface area contributed by atoms with E-state index in [0.29, 0.717) is 6.54 Å². The minimum Gasteiger partial charge on any atom is -0.326 e. The van der Waals surface area contributed by atoms with Gasteiger partial charge in [0.2, 0.25) is 0 Å². The molecule has 2 rings (SSSR count). The van der Waals surface area contributed by atoms with Crippen molar-refractivity contribution < 1.29 is 0 Å². The van der Waals surface area contributed by atoms with Gasteiger partial charge >= 0.3 is 0 Å². The van der Waals surface area contributed by atoms with Crippen molar-refractivity contribution >= 4 is 21.4 Å². The summed E-state index contributed by atoms with van der Waals surface area (Å²) in [5.41, 5.74) is 6.96. The molecule has 0 unspecified atom stereocenters. The van der Waals surface area contributed by atoms with Crippen molar-refractivity contribution in [1.82, 2.24) is 4.90 Å². The minimum absolute atomic E-state index is 0.621. The van der Waals surface area contributed by atoms with Gasteiger partial charge in [0.05, 0.1) is 0 Å². The van der Waals surface area contributed by atoms with Crippen molar-refractivity contribution in [3.8, 4) is 0 Å². The Kier molecular flexibility index (Phi) is 3.05. The average molecular weight is 220 g/mol. The zero-order chi connectivity index (χ0) is 10.8. The number of benzene rings is 1. The number of rotatable bonds is 3. The average Bonchev–Trinajstić information content (AvgIpc) is 2.58. The van der Waals surface area contributed by atoms with Crippen LogP contribution in [0.25, 0.3) is 10.1 Å². The third kappa shape index (κ3) is 2.20. The van der Waals surface area contributed by atoms with Gasteiger partial charge in [-0.05, 0) is 37.2 Å². The number of thiophene rings is 1. The number of hydrogen-bond acceptors (Lipinski definition) is 3. The monoisotopic (exact) mass is 220 g/mol. The molecule has 0 radical (unpaired) electrons. The topological polar surface area (TPSA) is 29.3 Å².